The Kier molecular flexibility index (Phi) is 27.4. The summed E-state index contributed by atoms with van der Waals surface area (Å²) in [5.74, 6) is 16.8. The maximum Gasteiger partial charge on any atom is 0.329 e. The Bertz CT molecular complexity index is 3280. The molecule has 7 aromatic rings. The molecule has 12 nitrogen and oxygen atoms in total. The number of hydrogen-bond acceptors (Lipinski definition) is 9. The van der Waals surface area contributed by atoms with E-state index < -0.39 is 11.2 Å². The second-order valence-corrected chi connectivity index (χ2v) is 22.3. The maximum atomic E-state index is 13.2. The zero-order valence-corrected chi connectivity index (χ0v) is 50.9. The van der Waals surface area contributed by atoms with Crippen LogP contribution in [0.3, 0.4) is 0 Å². The number of nitrogens with zero attached hydrogens (tertiary/aromatic N) is 4. The van der Waals surface area contributed by atoms with E-state index in [0.29, 0.717) is 84.2 Å². The van der Waals surface area contributed by atoms with E-state index in [0.717, 1.165) is 128 Å². The van der Waals surface area contributed by atoms with E-state index in [-0.39, 0.29) is 0 Å². The highest BCUT2D eigenvalue weighted by Crippen LogP contribution is 2.40. The zero-order valence-electron chi connectivity index (χ0n) is 50.9. The average Bonchev–Trinajstić information content (AvgIpc) is 2.21. The minimum atomic E-state index is -0.480. The molecule has 0 aliphatic rings. The molecule has 4 aromatic heterocycles. The number of aromatic nitrogens is 6. The number of imidazole rings is 1. The predicted molar refractivity (Wildman–Crippen MR) is 341 cm³/mol. The average molecular weight is 1130 g/mol. The number of H-pyrrole nitrogens is 2. The summed E-state index contributed by atoms with van der Waals surface area (Å²) in [4.78, 5) is 47.1. The van der Waals surface area contributed by atoms with Crippen LogP contribution in [0, 0.1) is 23.7 Å². The minimum Gasteiger partial charge on any atom is -0.493 e. The third-order valence-electron chi connectivity index (χ3n) is 15.4. The van der Waals surface area contributed by atoms with E-state index in [4.69, 9.17) is 33.9 Å². The predicted octanol–water partition coefficient (Wildman–Crippen LogP) is 17.5. The Labute approximate surface area is 494 Å². The summed E-state index contributed by atoms with van der Waals surface area (Å²) in [5.41, 5.74) is 5.47. The standard InChI is InChI=1S/C71H94N6O6/c1-6-11-16-21-25-30-45-80-61-50-56(40-41-57-52-65(78)74-71(79)77(57)44-29-20-15-10-5)62(81-46-31-26-22-17-12-7-2)49-54(61)38-39-55-51-64(83-48-33-28-24-19-14-9-4)60(53-63(55)82-47-32-27-23-18-13-8-3)70-75-68-58-36-34-42-72-66(58)67-59(69(68)76-70)37-35-43-73-67/h34-37,42-43,49-53H,6-33,44-48H2,1-5H3,(H,75,76)(H,74,78,79). The molecule has 444 valence electrons. The number of rotatable bonds is 38. The first-order valence-electron chi connectivity index (χ1n) is 32.1. The SMILES string of the molecule is CCCCCCCCOc1cc(C#Cc2cc(=O)[nH]c(=O)n2CCCCCC)c(OCCCCCCCC)cc1C#Cc1cc(OCCCCCCCC)c(-c2nc3c4cccnc4c4ncccc4c3[nH]2)cc1OCCCCCCCC. The lowest BCUT2D eigenvalue weighted by Crippen LogP contribution is -2.31. The molecule has 0 atom stereocenters. The fraction of sp³-hybridized carbons (Fsp3) is 0.535. The van der Waals surface area contributed by atoms with Gasteiger partial charge in [-0.1, -0.05) is 200 Å². The van der Waals surface area contributed by atoms with Crippen LogP contribution in [0.15, 0.2) is 76.6 Å². The smallest absolute Gasteiger partial charge is 0.329 e. The molecule has 0 amide bonds. The van der Waals surface area contributed by atoms with Crippen molar-refractivity contribution in [3.8, 4) is 58.1 Å². The molecule has 0 spiro atoms. The van der Waals surface area contributed by atoms with Crippen LogP contribution >= 0.6 is 0 Å². The van der Waals surface area contributed by atoms with Crippen LogP contribution in [0.5, 0.6) is 23.0 Å². The Morgan fingerprint density at radius 1 is 0.434 bits per heavy atom. The number of fused-ring (bicyclic) bond motifs is 6. The van der Waals surface area contributed by atoms with Gasteiger partial charge >= 0.3 is 5.69 Å². The molecule has 3 aromatic carbocycles. The first kappa shape index (κ1) is 63.5. The number of aromatic amines is 2. The lowest BCUT2D eigenvalue weighted by molar-refractivity contribution is 0.295. The van der Waals surface area contributed by atoms with Crippen LogP contribution in [0.1, 0.15) is 237 Å². The van der Waals surface area contributed by atoms with E-state index in [1.807, 2.05) is 36.5 Å². The number of nitrogens with one attached hydrogen (secondary N) is 2. The Morgan fingerprint density at radius 3 is 1.35 bits per heavy atom. The van der Waals surface area contributed by atoms with Crippen LogP contribution in [0.2, 0.25) is 0 Å². The van der Waals surface area contributed by atoms with E-state index in [9.17, 15) is 9.59 Å². The van der Waals surface area contributed by atoms with Crippen LogP contribution in [0.4, 0.5) is 0 Å². The summed E-state index contributed by atoms with van der Waals surface area (Å²) in [6.45, 7) is 13.6. The summed E-state index contributed by atoms with van der Waals surface area (Å²) in [5, 5.41) is 1.86. The summed E-state index contributed by atoms with van der Waals surface area (Å²) >= 11 is 0. The van der Waals surface area contributed by atoms with Crippen molar-refractivity contribution >= 4 is 32.8 Å². The minimum absolute atomic E-state index is 0.361. The summed E-state index contributed by atoms with van der Waals surface area (Å²) in [6.07, 6.45) is 34.6. The summed E-state index contributed by atoms with van der Waals surface area (Å²) in [6, 6.07) is 17.4. The van der Waals surface area contributed by atoms with Crippen molar-refractivity contribution in [1.82, 2.24) is 29.5 Å². The molecule has 0 fully saturated rings. The van der Waals surface area contributed by atoms with Gasteiger partial charge in [-0.05, 0) is 68.4 Å². The highest BCUT2D eigenvalue weighted by Gasteiger charge is 2.21. The van der Waals surface area contributed by atoms with Gasteiger partial charge in [0.2, 0.25) is 0 Å². The Balaban J connectivity index is 1.35. The van der Waals surface area contributed by atoms with E-state index in [1.54, 1.807) is 10.8 Å². The largest absolute Gasteiger partial charge is 0.493 e. The van der Waals surface area contributed by atoms with Crippen molar-refractivity contribution in [2.24, 2.45) is 0 Å². The maximum absolute atomic E-state index is 13.2. The van der Waals surface area contributed by atoms with Crippen LogP contribution in [-0.2, 0) is 6.54 Å². The molecule has 0 saturated carbocycles. The first-order chi connectivity index (χ1) is 40.9. The molecule has 12 heteroatoms. The summed E-state index contributed by atoms with van der Waals surface area (Å²) < 4.78 is 28.7. The highest BCUT2D eigenvalue weighted by atomic mass is 16.5. The molecular formula is C71H94N6O6. The Morgan fingerprint density at radius 2 is 0.843 bits per heavy atom. The number of ether oxygens (including phenoxy) is 4. The second-order valence-electron chi connectivity index (χ2n) is 22.3. The molecule has 0 unspecified atom stereocenters. The van der Waals surface area contributed by atoms with Crippen molar-refractivity contribution in [3.05, 3.63) is 110 Å². The lowest BCUT2D eigenvalue weighted by Gasteiger charge is -2.16. The van der Waals surface area contributed by atoms with Gasteiger partial charge in [-0.25, -0.2) is 9.78 Å². The topological polar surface area (TPSA) is 146 Å². The van der Waals surface area contributed by atoms with Crippen molar-refractivity contribution in [2.75, 3.05) is 26.4 Å². The number of unbranched alkanes of at least 4 members (excludes halogenated alkanes) is 23. The van der Waals surface area contributed by atoms with E-state index >= 15 is 0 Å². The van der Waals surface area contributed by atoms with Gasteiger partial charge in [0.1, 0.15) is 34.5 Å². The van der Waals surface area contributed by atoms with Gasteiger partial charge in [-0.3, -0.25) is 24.3 Å². The van der Waals surface area contributed by atoms with E-state index in [2.05, 4.69) is 86.5 Å². The molecule has 7 rings (SSSR count). The molecular weight excluding hydrogens is 1030 g/mol. The molecule has 0 radical (unpaired) electrons. The molecule has 83 heavy (non-hydrogen) atoms. The second kappa shape index (κ2) is 35.8. The van der Waals surface area contributed by atoms with Crippen molar-refractivity contribution in [1.29, 1.82) is 0 Å². The molecule has 0 aliphatic carbocycles. The Hall–Kier alpha value is -7.05. The number of hydrogen-bond donors (Lipinski definition) is 2. The van der Waals surface area contributed by atoms with Crippen molar-refractivity contribution in [3.63, 3.8) is 0 Å². The third kappa shape index (κ3) is 19.5. The molecule has 0 saturated heterocycles. The quantitative estimate of drug-likeness (QED) is 0.0219. The van der Waals surface area contributed by atoms with Gasteiger partial charge in [-0.15, -0.1) is 0 Å². The van der Waals surface area contributed by atoms with Gasteiger partial charge in [-0.2, -0.15) is 0 Å². The highest BCUT2D eigenvalue weighted by molar-refractivity contribution is 6.21. The van der Waals surface area contributed by atoms with Crippen LogP contribution in [-0.4, -0.2) is 55.9 Å². The lowest BCUT2D eigenvalue weighted by atomic mass is 10.1. The van der Waals surface area contributed by atoms with Crippen molar-refractivity contribution < 1.29 is 18.9 Å². The number of benzene rings is 3. The van der Waals surface area contributed by atoms with Gasteiger partial charge in [0.25, 0.3) is 5.56 Å². The van der Waals surface area contributed by atoms with Gasteiger partial charge in [0, 0.05) is 54.0 Å². The van der Waals surface area contributed by atoms with Crippen LogP contribution < -0.4 is 30.2 Å². The summed E-state index contributed by atoms with van der Waals surface area (Å²) in [7, 11) is 0. The van der Waals surface area contributed by atoms with Gasteiger partial charge in [0.05, 0.1) is 70.7 Å². The fourth-order valence-electron chi connectivity index (χ4n) is 10.6. The first-order valence-corrected chi connectivity index (χ1v) is 32.1. The van der Waals surface area contributed by atoms with Gasteiger partial charge in [0.15, 0.2) is 0 Å². The van der Waals surface area contributed by atoms with Gasteiger partial charge < -0.3 is 23.9 Å². The monoisotopic (exact) mass is 1130 g/mol. The molecule has 0 aliphatic heterocycles. The van der Waals surface area contributed by atoms with Crippen LogP contribution in [0.25, 0.3) is 44.2 Å². The molecule has 0 bridgehead atoms. The normalized spacial score (nSPS) is 11.2. The molecule has 2 N–H and O–H groups in total. The number of pyridine rings is 2. The molecule has 4 heterocycles. The fourth-order valence-corrected chi connectivity index (χ4v) is 10.6. The third-order valence-corrected chi connectivity index (χ3v) is 15.4. The van der Waals surface area contributed by atoms with Crippen molar-refractivity contribution in [2.45, 2.75) is 221 Å². The zero-order chi connectivity index (χ0) is 58.3. The van der Waals surface area contributed by atoms with E-state index in [1.165, 1.54) is 96.0 Å².